The third-order valence-electron chi connectivity index (χ3n) is 3.00. The van der Waals surface area contributed by atoms with Crippen LogP contribution in [0.25, 0.3) is 0 Å². The molecule has 0 aliphatic carbocycles. The average molecular weight is 254 g/mol. The minimum atomic E-state index is -4.31. The Labute approximate surface area is 103 Å². The van der Waals surface area contributed by atoms with Gasteiger partial charge in [0.05, 0.1) is 5.56 Å². The molecule has 1 aromatic heterocycles. The summed E-state index contributed by atoms with van der Waals surface area (Å²) in [5, 5.41) is 0. The number of rotatable bonds is 2. The standard InChI is InChI=1S/C13H13F3N2/c1-8-3-4-10(13(14,15)16)7-11(8)9(2)12-17-5-6-18-12/h3-7,9H,1-2H3,(H,17,18). The van der Waals surface area contributed by atoms with E-state index in [0.29, 0.717) is 11.4 Å². The van der Waals surface area contributed by atoms with E-state index in [2.05, 4.69) is 9.97 Å². The second kappa shape index (κ2) is 4.48. The molecule has 0 saturated carbocycles. The number of nitrogens with one attached hydrogen (secondary N) is 1. The third kappa shape index (κ3) is 2.39. The topological polar surface area (TPSA) is 28.7 Å². The van der Waals surface area contributed by atoms with Gasteiger partial charge in [-0.3, -0.25) is 0 Å². The van der Waals surface area contributed by atoms with E-state index in [0.717, 1.165) is 11.6 Å². The van der Waals surface area contributed by atoms with Crippen LogP contribution in [0.15, 0.2) is 30.6 Å². The Hall–Kier alpha value is -1.78. The van der Waals surface area contributed by atoms with Crippen molar-refractivity contribution in [1.82, 2.24) is 9.97 Å². The first-order valence-electron chi connectivity index (χ1n) is 5.56. The second-order valence-electron chi connectivity index (χ2n) is 4.27. The number of aromatic amines is 1. The molecule has 0 spiro atoms. The third-order valence-corrected chi connectivity index (χ3v) is 3.00. The smallest absolute Gasteiger partial charge is 0.348 e. The highest BCUT2D eigenvalue weighted by Crippen LogP contribution is 2.33. The van der Waals surface area contributed by atoms with Crippen LogP contribution in [0.5, 0.6) is 0 Å². The zero-order valence-electron chi connectivity index (χ0n) is 10.0. The summed E-state index contributed by atoms with van der Waals surface area (Å²) in [7, 11) is 0. The molecule has 2 rings (SSSR count). The summed E-state index contributed by atoms with van der Waals surface area (Å²) in [4.78, 5) is 7.02. The molecule has 1 heterocycles. The van der Waals surface area contributed by atoms with E-state index in [4.69, 9.17) is 0 Å². The van der Waals surface area contributed by atoms with Gasteiger partial charge in [-0.1, -0.05) is 13.0 Å². The fraction of sp³-hybridized carbons (Fsp3) is 0.308. The fourth-order valence-electron chi connectivity index (χ4n) is 1.94. The zero-order chi connectivity index (χ0) is 13.3. The summed E-state index contributed by atoms with van der Waals surface area (Å²) < 4.78 is 38.0. The Kier molecular flexibility index (Phi) is 3.15. The van der Waals surface area contributed by atoms with E-state index >= 15 is 0 Å². The summed E-state index contributed by atoms with van der Waals surface area (Å²) in [6.07, 6.45) is -1.06. The van der Waals surface area contributed by atoms with Crippen molar-refractivity contribution in [1.29, 1.82) is 0 Å². The van der Waals surface area contributed by atoms with Crippen molar-refractivity contribution in [3.8, 4) is 0 Å². The van der Waals surface area contributed by atoms with Gasteiger partial charge in [0.1, 0.15) is 5.82 Å². The van der Waals surface area contributed by atoms with Crippen molar-refractivity contribution in [2.75, 3.05) is 0 Å². The molecule has 96 valence electrons. The fourth-order valence-corrected chi connectivity index (χ4v) is 1.94. The van der Waals surface area contributed by atoms with Crippen molar-refractivity contribution in [3.05, 3.63) is 53.1 Å². The first-order valence-corrected chi connectivity index (χ1v) is 5.56. The van der Waals surface area contributed by atoms with Crippen molar-refractivity contribution in [2.45, 2.75) is 25.9 Å². The van der Waals surface area contributed by atoms with Crippen molar-refractivity contribution in [2.24, 2.45) is 0 Å². The molecular weight excluding hydrogens is 241 g/mol. The van der Waals surface area contributed by atoms with Crippen LogP contribution in [0.3, 0.4) is 0 Å². The predicted molar refractivity (Wildman–Crippen MR) is 62.3 cm³/mol. The second-order valence-corrected chi connectivity index (χ2v) is 4.27. The van der Waals surface area contributed by atoms with Gasteiger partial charge in [-0.2, -0.15) is 13.2 Å². The molecule has 0 aliphatic heterocycles. The van der Waals surface area contributed by atoms with E-state index in [1.807, 2.05) is 6.92 Å². The molecule has 0 radical (unpaired) electrons. The van der Waals surface area contributed by atoms with E-state index in [1.54, 1.807) is 19.3 Å². The predicted octanol–water partition coefficient (Wildman–Crippen LogP) is 3.89. The summed E-state index contributed by atoms with van der Waals surface area (Å²) in [6, 6.07) is 3.80. The number of H-pyrrole nitrogens is 1. The van der Waals surface area contributed by atoms with Gasteiger partial charge < -0.3 is 4.98 Å². The lowest BCUT2D eigenvalue weighted by atomic mass is 9.94. The Morgan fingerprint density at radius 1 is 1.28 bits per heavy atom. The number of aryl methyl sites for hydroxylation is 1. The van der Waals surface area contributed by atoms with Gasteiger partial charge in [0.25, 0.3) is 0 Å². The molecule has 18 heavy (non-hydrogen) atoms. The van der Waals surface area contributed by atoms with E-state index < -0.39 is 11.7 Å². The average Bonchev–Trinajstić information content (AvgIpc) is 2.80. The Morgan fingerprint density at radius 2 is 2.00 bits per heavy atom. The number of hydrogen-bond donors (Lipinski definition) is 1. The SMILES string of the molecule is Cc1ccc(C(F)(F)F)cc1C(C)c1ncc[nH]1. The molecule has 2 aromatic rings. The van der Waals surface area contributed by atoms with E-state index in [1.165, 1.54) is 12.1 Å². The number of halogens is 3. The molecule has 0 bridgehead atoms. The monoisotopic (exact) mass is 254 g/mol. The Bertz CT molecular complexity index is 530. The van der Waals surface area contributed by atoms with E-state index in [9.17, 15) is 13.2 Å². The van der Waals surface area contributed by atoms with Gasteiger partial charge in [0.15, 0.2) is 0 Å². The van der Waals surface area contributed by atoms with Gasteiger partial charge in [-0.05, 0) is 30.2 Å². The lowest BCUT2D eigenvalue weighted by molar-refractivity contribution is -0.137. The van der Waals surface area contributed by atoms with Gasteiger partial charge >= 0.3 is 6.18 Å². The largest absolute Gasteiger partial charge is 0.416 e. The number of hydrogen-bond acceptors (Lipinski definition) is 1. The number of alkyl halides is 3. The molecular formula is C13H13F3N2. The first-order chi connectivity index (χ1) is 8.39. The number of imidazole rings is 1. The van der Waals surface area contributed by atoms with Crippen LogP contribution in [0.2, 0.25) is 0 Å². The van der Waals surface area contributed by atoms with Gasteiger partial charge in [0, 0.05) is 18.3 Å². The van der Waals surface area contributed by atoms with Crippen LogP contribution in [-0.2, 0) is 6.18 Å². The number of nitrogens with zero attached hydrogens (tertiary/aromatic N) is 1. The molecule has 0 fully saturated rings. The highest BCUT2D eigenvalue weighted by molar-refractivity contribution is 5.37. The molecule has 1 unspecified atom stereocenters. The number of aromatic nitrogens is 2. The minimum Gasteiger partial charge on any atom is -0.348 e. The minimum absolute atomic E-state index is 0.192. The van der Waals surface area contributed by atoms with Crippen LogP contribution in [0.4, 0.5) is 13.2 Å². The number of benzene rings is 1. The summed E-state index contributed by atoms with van der Waals surface area (Å²) in [6.45, 7) is 3.64. The molecule has 2 nitrogen and oxygen atoms in total. The zero-order valence-corrected chi connectivity index (χ0v) is 10.0. The van der Waals surface area contributed by atoms with E-state index in [-0.39, 0.29) is 5.92 Å². The molecule has 5 heteroatoms. The highest BCUT2D eigenvalue weighted by atomic mass is 19.4. The summed E-state index contributed by atoms with van der Waals surface area (Å²) >= 11 is 0. The lowest BCUT2D eigenvalue weighted by Gasteiger charge is -2.15. The summed E-state index contributed by atoms with van der Waals surface area (Å²) in [5.74, 6) is 0.472. The van der Waals surface area contributed by atoms with Crippen molar-refractivity contribution < 1.29 is 13.2 Å². The Balaban J connectivity index is 2.44. The molecule has 1 aromatic carbocycles. The van der Waals surface area contributed by atoms with Gasteiger partial charge in [-0.15, -0.1) is 0 Å². The van der Waals surface area contributed by atoms with Crippen LogP contribution in [-0.4, -0.2) is 9.97 Å². The molecule has 1 atom stereocenters. The Morgan fingerprint density at radius 3 is 2.56 bits per heavy atom. The highest BCUT2D eigenvalue weighted by Gasteiger charge is 2.31. The molecule has 0 saturated heterocycles. The van der Waals surface area contributed by atoms with Crippen LogP contribution in [0.1, 0.15) is 35.4 Å². The van der Waals surface area contributed by atoms with Gasteiger partial charge in [0.2, 0.25) is 0 Å². The molecule has 0 aliphatic rings. The maximum absolute atomic E-state index is 12.7. The van der Waals surface area contributed by atoms with Crippen molar-refractivity contribution >= 4 is 0 Å². The summed E-state index contributed by atoms with van der Waals surface area (Å²) in [5.41, 5.74) is 0.841. The van der Waals surface area contributed by atoms with Gasteiger partial charge in [-0.25, -0.2) is 4.98 Å². The lowest BCUT2D eigenvalue weighted by Crippen LogP contribution is -2.08. The van der Waals surface area contributed by atoms with Crippen LogP contribution in [0, 0.1) is 6.92 Å². The van der Waals surface area contributed by atoms with Crippen LogP contribution < -0.4 is 0 Å². The first kappa shape index (κ1) is 12.7. The van der Waals surface area contributed by atoms with Crippen LogP contribution >= 0.6 is 0 Å². The molecule has 1 N–H and O–H groups in total. The maximum atomic E-state index is 12.7. The normalized spacial score (nSPS) is 13.6. The molecule has 0 amide bonds. The van der Waals surface area contributed by atoms with Crippen molar-refractivity contribution in [3.63, 3.8) is 0 Å². The quantitative estimate of drug-likeness (QED) is 0.865. The maximum Gasteiger partial charge on any atom is 0.416 e.